The number of carbonyl (C=O) groups excluding carboxylic acids is 3. The number of nitrogens with one attached hydrogen (secondary N) is 1. The van der Waals surface area contributed by atoms with Gasteiger partial charge in [0.1, 0.15) is 12.1 Å². The van der Waals surface area contributed by atoms with E-state index in [1.807, 2.05) is 12.0 Å². The van der Waals surface area contributed by atoms with Crippen LogP contribution >= 0.6 is 0 Å². The van der Waals surface area contributed by atoms with Crippen molar-refractivity contribution < 1.29 is 24.2 Å². The lowest BCUT2D eigenvalue weighted by Crippen LogP contribution is -2.60. The number of aliphatic hydroxyl groups excluding tert-OH is 1. The topological polar surface area (TPSA) is 102 Å². The second-order valence-corrected chi connectivity index (χ2v) is 15.1. The zero-order chi connectivity index (χ0) is 30.6. The first kappa shape index (κ1) is 32.2. The Labute approximate surface area is 264 Å². The second kappa shape index (κ2) is 14.8. The van der Waals surface area contributed by atoms with E-state index in [1.165, 1.54) is 44.9 Å². The van der Waals surface area contributed by atoms with E-state index in [2.05, 4.69) is 10.2 Å². The van der Waals surface area contributed by atoms with Gasteiger partial charge in [-0.2, -0.15) is 0 Å². The fourth-order valence-electron chi connectivity index (χ4n) is 9.98. The molecule has 3 amide bonds. The van der Waals surface area contributed by atoms with Crippen LogP contribution in [0, 0.1) is 23.7 Å². The van der Waals surface area contributed by atoms with Crippen molar-refractivity contribution in [2.24, 2.45) is 23.7 Å². The molecule has 6 fully saturated rings. The van der Waals surface area contributed by atoms with Gasteiger partial charge in [-0.15, -0.1) is 0 Å². The number of ether oxygens (including phenoxy) is 1. The Kier molecular flexibility index (Phi) is 10.8. The highest BCUT2D eigenvalue weighted by Gasteiger charge is 2.44. The van der Waals surface area contributed by atoms with E-state index in [1.54, 1.807) is 4.90 Å². The summed E-state index contributed by atoms with van der Waals surface area (Å²) in [6.07, 6.45) is 17.9. The van der Waals surface area contributed by atoms with Crippen molar-refractivity contribution >= 4 is 17.7 Å². The second-order valence-electron chi connectivity index (χ2n) is 15.1. The van der Waals surface area contributed by atoms with Crippen LogP contribution in [-0.4, -0.2) is 108 Å². The summed E-state index contributed by atoms with van der Waals surface area (Å²) >= 11 is 0. The summed E-state index contributed by atoms with van der Waals surface area (Å²) in [4.78, 5) is 47.6. The minimum Gasteiger partial charge on any atom is -0.391 e. The maximum absolute atomic E-state index is 14.2. The molecule has 6 aliphatic rings. The van der Waals surface area contributed by atoms with Gasteiger partial charge in [-0.05, 0) is 62.7 Å². The monoisotopic (exact) mass is 614 g/mol. The molecule has 2 aliphatic heterocycles. The molecule has 248 valence electrons. The predicted octanol–water partition coefficient (Wildman–Crippen LogP) is 3.72. The average Bonchev–Trinajstić information content (AvgIpc) is 3.74. The van der Waals surface area contributed by atoms with Crippen molar-refractivity contribution in [1.82, 2.24) is 20.0 Å². The van der Waals surface area contributed by atoms with Crippen molar-refractivity contribution in [2.45, 2.75) is 139 Å². The Morgan fingerprint density at radius 2 is 1.50 bits per heavy atom. The van der Waals surface area contributed by atoms with Crippen LogP contribution in [0.5, 0.6) is 0 Å². The quantitative estimate of drug-likeness (QED) is 0.432. The lowest BCUT2D eigenvalue weighted by Gasteiger charge is -2.44. The normalized spacial score (nSPS) is 36.2. The molecular weight excluding hydrogens is 556 g/mol. The zero-order valence-electron chi connectivity index (χ0n) is 27.2. The third-order valence-corrected chi connectivity index (χ3v) is 12.5. The summed E-state index contributed by atoms with van der Waals surface area (Å²) in [5.74, 6) is 1.75. The molecule has 8 unspecified atom stereocenters. The van der Waals surface area contributed by atoms with Crippen LogP contribution in [0.4, 0.5) is 0 Å². The maximum atomic E-state index is 14.2. The minimum absolute atomic E-state index is 0.00546. The molecule has 2 heterocycles. The average molecular weight is 615 g/mol. The van der Waals surface area contributed by atoms with E-state index < -0.39 is 18.2 Å². The molecular formula is C35H58N4O5. The van der Waals surface area contributed by atoms with Crippen LogP contribution in [-0.2, 0) is 19.1 Å². The zero-order valence-corrected chi connectivity index (χ0v) is 27.2. The van der Waals surface area contributed by atoms with Crippen molar-refractivity contribution in [3.8, 4) is 0 Å². The molecule has 9 nitrogen and oxygen atoms in total. The molecule has 2 N–H and O–H groups in total. The highest BCUT2D eigenvalue weighted by molar-refractivity contribution is 5.93. The molecule has 0 bridgehead atoms. The Hall–Kier alpha value is -1.71. The van der Waals surface area contributed by atoms with E-state index in [0.717, 1.165) is 76.3 Å². The van der Waals surface area contributed by atoms with Crippen LogP contribution in [0.15, 0.2) is 0 Å². The Bertz CT molecular complexity index is 996. The molecule has 0 aromatic heterocycles. The van der Waals surface area contributed by atoms with E-state index in [-0.39, 0.29) is 42.7 Å². The van der Waals surface area contributed by atoms with Crippen molar-refractivity contribution in [2.75, 3.05) is 39.8 Å². The highest BCUT2D eigenvalue weighted by atomic mass is 16.5. The first-order chi connectivity index (χ1) is 21.4. The lowest BCUT2D eigenvalue weighted by molar-refractivity contribution is -0.144. The number of fused-ring (bicyclic) bond motifs is 1. The number of β-amino-alcohol motifs (C(OH)–C–C–N with tert-alkyl or cyclic N) is 1. The number of hydrogen-bond acceptors (Lipinski definition) is 6. The van der Waals surface area contributed by atoms with Crippen molar-refractivity contribution in [1.29, 1.82) is 0 Å². The smallest absolute Gasteiger partial charge is 0.245 e. The van der Waals surface area contributed by atoms with Crippen LogP contribution < -0.4 is 5.32 Å². The highest BCUT2D eigenvalue weighted by Crippen LogP contribution is 2.44. The molecule has 6 rings (SSSR count). The Morgan fingerprint density at radius 1 is 0.818 bits per heavy atom. The molecule has 0 aromatic carbocycles. The molecule has 2 saturated heterocycles. The fraction of sp³-hybridized carbons (Fsp3) is 0.914. The number of likely N-dealkylation sites (tertiary alicyclic amines) is 1. The number of carbonyl (C=O) groups is 3. The maximum Gasteiger partial charge on any atom is 0.245 e. The van der Waals surface area contributed by atoms with E-state index in [4.69, 9.17) is 4.74 Å². The first-order valence-corrected chi connectivity index (χ1v) is 18.3. The van der Waals surface area contributed by atoms with Gasteiger partial charge in [0.25, 0.3) is 0 Å². The van der Waals surface area contributed by atoms with E-state index in [0.29, 0.717) is 31.5 Å². The summed E-state index contributed by atoms with van der Waals surface area (Å²) in [6, 6.07) is -0.859. The van der Waals surface area contributed by atoms with Gasteiger partial charge in [-0.3, -0.25) is 19.3 Å². The molecule has 4 saturated carbocycles. The van der Waals surface area contributed by atoms with Crippen LogP contribution in [0.25, 0.3) is 0 Å². The number of nitrogens with zero attached hydrogens (tertiary/aromatic N) is 3. The van der Waals surface area contributed by atoms with E-state index >= 15 is 0 Å². The van der Waals surface area contributed by atoms with Gasteiger partial charge in [0.2, 0.25) is 17.7 Å². The summed E-state index contributed by atoms with van der Waals surface area (Å²) in [5, 5.41) is 13.7. The molecule has 9 heteroatoms. The van der Waals surface area contributed by atoms with Crippen LogP contribution in [0.3, 0.4) is 0 Å². The van der Waals surface area contributed by atoms with Gasteiger partial charge >= 0.3 is 0 Å². The summed E-state index contributed by atoms with van der Waals surface area (Å²) in [7, 11) is 1.82. The molecule has 4 aliphatic carbocycles. The number of aliphatic hydroxyl groups is 1. The summed E-state index contributed by atoms with van der Waals surface area (Å²) in [5.41, 5.74) is 0. The van der Waals surface area contributed by atoms with Gasteiger partial charge < -0.3 is 25.0 Å². The van der Waals surface area contributed by atoms with Crippen molar-refractivity contribution in [3.05, 3.63) is 0 Å². The number of piperazine rings is 1. The first-order valence-electron chi connectivity index (χ1n) is 18.3. The van der Waals surface area contributed by atoms with Crippen LogP contribution in [0.2, 0.25) is 0 Å². The molecule has 0 aromatic rings. The van der Waals surface area contributed by atoms with Gasteiger partial charge in [0.15, 0.2) is 0 Å². The standard InChI is InChI=1S/C35H58N4O5/c1-44-32-13-7-6-12-30(32)37-16-18-38(19-17-37)35(43)29(21-24-14-15-25-8-2-5-11-27(25)20-24)36-33(41)31-22-28(40)23-39(31)34(42)26-9-3-4-10-26/h24-32,40H,2-23H2,1H3,(H,36,41). The Morgan fingerprint density at radius 3 is 2.25 bits per heavy atom. The van der Waals surface area contributed by atoms with Gasteiger partial charge in [0.05, 0.1) is 12.2 Å². The molecule has 44 heavy (non-hydrogen) atoms. The molecule has 0 radical (unpaired) electrons. The largest absolute Gasteiger partial charge is 0.391 e. The third-order valence-electron chi connectivity index (χ3n) is 12.5. The Balaban J connectivity index is 1.13. The lowest BCUT2D eigenvalue weighted by atomic mass is 9.66. The third kappa shape index (κ3) is 7.30. The molecule has 0 spiro atoms. The van der Waals surface area contributed by atoms with Crippen molar-refractivity contribution in [3.63, 3.8) is 0 Å². The fourth-order valence-corrected chi connectivity index (χ4v) is 9.98. The van der Waals surface area contributed by atoms with Gasteiger partial charge in [-0.25, -0.2) is 0 Å². The van der Waals surface area contributed by atoms with Gasteiger partial charge in [0, 0.05) is 58.2 Å². The number of rotatable bonds is 8. The number of methoxy groups -OCH3 is 1. The van der Waals surface area contributed by atoms with Crippen LogP contribution in [0.1, 0.15) is 109 Å². The minimum atomic E-state index is -0.698. The number of hydrogen-bond donors (Lipinski definition) is 2. The predicted molar refractivity (Wildman–Crippen MR) is 169 cm³/mol. The van der Waals surface area contributed by atoms with E-state index in [9.17, 15) is 19.5 Å². The SMILES string of the molecule is COC1CCCCC1N1CCN(C(=O)C(CC2CCC3CCCCC3C2)NC(=O)C2CC(O)CN2C(=O)C2CCCC2)CC1. The molecule has 8 atom stereocenters. The van der Waals surface area contributed by atoms with Gasteiger partial charge in [-0.1, -0.05) is 57.8 Å². The summed E-state index contributed by atoms with van der Waals surface area (Å²) in [6.45, 7) is 3.22. The number of amides is 3. The summed E-state index contributed by atoms with van der Waals surface area (Å²) < 4.78 is 5.83.